The summed E-state index contributed by atoms with van der Waals surface area (Å²) in [5.41, 5.74) is -0.411. The second-order valence-electron chi connectivity index (χ2n) is 5.14. The van der Waals surface area contributed by atoms with Gasteiger partial charge in [-0.2, -0.15) is 8.78 Å². The van der Waals surface area contributed by atoms with Crippen molar-refractivity contribution in [3.8, 4) is 0 Å². The molecule has 3 atom stereocenters. The fourth-order valence-electron chi connectivity index (χ4n) is 2.33. The first-order valence-electron chi connectivity index (χ1n) is 5.67. The molecule has 0 amide bonds. The smallest absolute Gasteiger partial charge is 0.268 e. The molecule has 0 aliphatic carbocycles. The van der Waals surface area contributed by atoms with Gasteiger partial charge in [-0.05, 0) is 30.8 Å². The summed E-state index contributed by atoms with van der Waals surface area (Å²) in [7, 11) is 0. The molecule has 94 valence electrons. The van der Waals surface area contributed by atoms with Crippen LogP contribution in [0.3, 0.4) is 0 Å². The highest BCUT2D eigenvalue weighted by molar-refractivity contribution is 5.07. The van der Waals surface area contributed by atoms with E-state index in [2.05, 4.69) is 6.58 Å². The molecular formula is C12H20F3N. The lowest BCUT2D eigenvalue weighted by molar-refractivity contribution is -0.125. The molecule has 1 saturated heterocycles. The third-order valence-corrected chi connectivity index (χ3v) is 3.09. The lowest BCUT2D eigenvalue weighted by Gasteiger charge is -2.39. The molecule has 0 saturated carbocycles. The van der Waals surface area contributed by atoms with E-state index in [1.165, 1.54) is 11.8 Å². The standard InChI is InChI=1S/C12H20F3N/c1-8(2)12(14,15)11(13)16-6-9(3)5-10(4)7-16/h9-11H,1,5-7H2,2-4H3. The van der Waals surface area contributed by atoms with Crippen molar-refractivity contribution < 1.29 is 13.2 Å². The maximum absolute atomic E-state index is 13.8. The van der Waals surface area contributed by atoms with Crippen LogP contribution in [0.5, 0.6) is 0 Å². The topological polar surface area (TPSA) is 3.24 Å². The van der Waals surface area contributed by atoms with Gasteiger partial charge in [0, 0.05) is 13.1 Å². The lowest BCUT2D eigenvalue weighted by atomic mass is 9.91. The fraction of sp³-hybridized carbons (Fsp3) is 0.833. The molecule has 1 nitrogen and oxygen atoms in total. The molecule has 0 aromatic carbocycles. The number of hydrogen-bond acceptors (Lipinski definition) is 1. The molecule has 0 aromatic heterocycles. The number of hydrogen-bond donors (Lipinski definition) is 0. The summed E-state index contributed by atoms with van der Waals surface area (Å²) in [6.45, 7) is 9.06. The Hall–Kier alpha value is -0.510. The Morgan fingerprint density at radius 3 is 2.12 bits per heavy atom. The molecule has 1 fully saturated rings. The van der Waals surface area contributed by atoms with Crippen LogP contribution in [0.4, 0.5) is 13.2 Å². The average Bonchev–Trinajstić information content (AvgIpc) is 2.14. The lowest BCUT2D eigenvalue weighted by Crippen LogP contribution is -2.51. The zero-order valence-electron chi connectivity index (χ0n) is 10.1. The van der Waals surface area contributed by atoms with Crippen LogP contribution in [0.15, 0.2) is 12.2 Å². The van der Waals surface area contributed by atoms with Gasteiger partial charge >= 0.3 is 5.92 Å². The van der Waals surface area contributed by atoms with Crippen LogP contribution >= 0.6 is 0 Å². The van der Waals surface area contributed by atoms with Crippen LogP contribution in [0.25, 0.3) is 0 Å². The van der Waals surface area contributed by atoms with E-state index in [0.717, 1.165) is 6.42 Å². The van der Waals surface area contributed by atoms with E-state index in [1.54, 1.807) is 0 Å². The van der Waals surface area contributed by atoms with Gasteiger partial charge in [0.05, 0.1) is 0 Å². The molecule has 1 aliphatic heterocycles. The Labute approximate surface area is 95.3 Å². The molecule has 16 heavy (non-hydrogen) atoms. The molecule has 1 heterocycles. The van der Waals surface area contributed by atoms with Gasteiger partial charge in [0.2, 0.25) is 6.30 Å². The second-order valence-corrected chi connectivity index (χ2v) is 5.14. The summed E-state index contributed by atoms with van der Waals surface area (Å²) >= 11 is 0. The van der Waals surface area contributed by atoms with Crippen LogP contribution in [0, 0.1) is 11.8 Å². The van der Waals surface area contributed by atoms with E-state index in [9.17, 15) is 13.2 Å². The second kappa shape index (κ2) is 4.78. The minimum Gasteiger partial charge on any atom is -0.268 e. The van der Waals surface area contributed by atoms with Crippen molar-refractivity contribution in [3.05, 3.63) is 12.2 Å². The number of piperidine rings is 1. The Morgan fingerprint density at radius 2 is 1.75 bits per heavy atom. The monoisotopic (exact) mass is 235 g/mol. The van der Waals surface area contributed by atoms with Crippen molar-refractivity contribution in [1.82, 2.24) is 4.90 Å². The molecule has 0 N–H and O–H groups in total. The van der Waals surface area contributed by atoms with Gasteiger partial charge in [-0.1, -0.05) is 20.4 Å². The molecule has 1 rings (SSSR count). The van der Waals surface area contributed by atoms with Gasteiger partial charge in [-0.25, -0.2) is 4.39 Å². The van der Waals surface area contributed by atoms with Gasteiger partial charge in [0.25, 0.3) is 0 Å². The number of halogens is 3. The molecule has 0 bridgehead atoms. The summed E-state index contributed by atoms with van der Waals surface area (Å²) < 4.78 is 40.7. The SMILES string of the molecule is C=C(C)C(F)(F)C(F)N1CC(C)CC(C)C1. The highest BCUT2D eigenvalue weighted by atomic mass is 19.3. The first-order chi connectivity index (χ1) is 7.25. The van der Waals surface area contributed by atoms with Gasteiger partial charge in [0.15, 0.2) is 0 Å². The molecule has 3 unspecified atom stereocenters. The van der Waals surface area contributed by atoms with Crippen molar-refractivity contribution in [3.63, 3.8) is 0 Å². The van der Waals surface area contributed by atoms with E-state index < -0.39 is 17.8 Å². The average molecular weight is 235 g/mol. The first kappa shape index (κ1) is 13.6. The number of rotatable bonds is 3. The van der Waals surface area contributed by atoms with Crippen molar-refractivity contribution in [1.29, 1.82) is 0 Å². The molecule has 0 radical (unpaired) electrons. The van der Waals surface area contributed by atoms with E-state index in [-0.39, 0.29) is 11.8 Å². The Bertz CT molecular complexity index is 255. The van der Waals surface area contributed by atoms with Crippen LogP contribution < -0.4 is 0 Å². The summed E-state index contributed by atoms with van der Waals surface area (Å²) in [6.07, 6.45) is -1.27. The molecule has 0 aromatic rings. The van der Waals surface area contributed by atoms with E-state index in [0.29, 0.717) is 13.1 Å². The van der Waals surface area contributed by atoms with Gasteiger partial charge in [0.1, 0.15) is 0 Å². The zero-order valence-corrected chi connectivity index (χ0v) is 10.1. The van der Waals surface area contributed by atoms with Crippen LogP contribution in [-0.4, -0.2) is 30.2 Å². The molecule has 4 heteroatoms. The van der Waals surface area contributed by atoms with E-state index in [4.69, 9.17) is 0 Å². The largest absolute Gasteiger partial charge is 0.312 e. The summed E-state index contributed by atoms with van der Waals surface area (Å²) in [5, 5.41) is 0. The van der Waals surface area contributed by atoms with Crippen molar-refractivity contribution in [2.45, 2.75) is 39.4 Å². The van der Waals surface area contributed by atoms with E-state index >= 15 is 0 Å². The predicted molar refractivity (Wildman–Crippen MR) is 59.2 cm³/mol. The van der Waals surface area contributed by atoms with Crippen molar-refractivity contribution >= 4 is 0 Å². The highest BCUT2D eigenvalue weighted by Gasteiger charge is 2.46. The molecular weight excluding hydrogens is 215 g/mol. The maximum Gasteiger partial charge on any atom is 0.312 e. The Kier molecular flexibility index (Phi) is 4.05. The van der Waals surface area contributed by atoms with Gasteiger partial charge in [-0.15, -0.1) is 0 Å². The quantitative estimate of drug-likeness (QED) is 0.535. The van der Waals surface area contributed by atoms with Crippen LogP contribution in [0.2, 0.25) is 0 Å². The minimum atomic E-state index is -3.45. The number of likely N-dealkylation sites (tertiary alicyclic amines) is 1. The third kappa shape index (κ3) is 2.78. The number of alkyl halides is 3. The van der Waals surface area contributed by atoms with Crippen molar-refractivity contribution in [2.75, 3.05) is 13.1 Å². The summed E-state index contributed by atoms with van der Waals surface area (Å²) in [5.74, 6) is -2.91. The van der Waals surface area contributed by atoms with Crippen LogP contribution in [0.1, 0.15) is 27.2 Å². The summed E-state index contributed by atoms with van der Waals surface area (Å²) in [4.78, 5) is 1.24. The Balaban J connectivity index is 2.73. The summed E-state index contributed by atoms with van der Waals surface area (Å²) in [6, 6.07) is 0. The third-order valence-electron chi connectivity index (χ3n) is 3.09. The van der Waals surface area contributed by atoms with E-state index in [1.807, 2.05) is 13.8 Å². The van der Waals surface area contributed by atoms with Crippen molar-refractivity contribution in [2.24, 2.45) is 11.8 Å². The number of nitrogens with zero attached hydrogens (tertiary/aromatic N) is 1. The highest BCUT2D eigenvalue weighted by Crippen LogP contribution is 2.34. The zero-order chi connectivity index (χ0) is 12.5. The van der Waals surface area contributed by atoms with Crippen LogP contribution in [-0.2, 0) is 0 Å². The first-order valence-corrected chi connectivity index (χ1v) is 5.67. The van der Waals surface area contributed by atoms with Gasteiger partial charge < -0.3 is 0 Å². The maximum atomic E-state index is 13.8. The molecule has 0 spiro atoms. The fourth-order valence-corrected chi connectivity index (χ4v) is 2.33. The Morgan fingerprint density at radius 1 is 1.31 bits per heavy atom. The predicted octanol–water partition coefficient (Wildman–Crippen LogP) is 3.47. The minimum absolute atomic E-state index is 0.267. The molecule has 1 aliphatic rings. The normalized spacial score (nSPS) is 30.1. The van der Waals surface area contributed by atoms with Gasteiger partial charge in [-0.3, -0.25) is 4.90 Å².